The van der Waals surface area contributed by atoms with Gasteiger partial charge >= 0.3 is 0 Å². The van der Waals surface area contributed by atoms with Gasteiger partial charge in [0.25, 0.3) is 0 Å². The molecule has 0 radical (unpaired) electrons. The molecule has 3 aromatic rings. The number of aryl methyl sites for hydroxylation is 2. The summed E-state index contributed by atoms with van der Waals surface area (Å²) in [6, 6.07) is 15.2. The van der Waals surface area contributed by atoms with Crippen molar-refractivity contribution >= 4 is 16.7 Å². The fourth-order valence-corrected chi connectivity index (χ4v) is 2.32. The Hall–Kier alpha value is -2.55. The smallest absolute Gasteiger partial charge is 0.212 e. The zero-order valence-corrected chi connectivity index (χ0v) is 11.4. The summed E-state index contributed by atoms with van der Waals surface area (Å²) in [6.07, 6.45) is 0. The summed E-state index contributed by atoms with van der Waals surface area (Å²) in [6.45, 7) is 3.74. The highest BCUT2D eigenvalue weighted by atomic mass is 16.1. The SMILES string of the molecule is Cc1nc(C(=O)c2ccccc2C)c2ccccc2n1. The molecule has 0 amide bonds. The van der Waals surface area contributed by atoms with E-state index in [-0.39, 0.29) is 5.78 Å². The van der Waals surface area contributed by atoms with Gasteiger partial charge in [-0.25, -0.2) is 9.97 Å². The topological polar surface area (TPSA) is 42.9 Å². The number of hydrogen-bond donors (Lipinski definition) is 0. The van der Waals surface area contributed by atoms with Gasteiger partial charge in [0, 0.05) is 10.9 Å². The van der Waals surface area contributed by atoms with Crippen LogP contribution in [0.3, 0.4) is 0 Å². The molecular weight excluding hydrogens is 248 g/mol. The van der Waals surface area contributed by atoms with Gasteiger partial charge in [0.15, 0.2) is 0 Å². The zero-order valence-electron chi connectivity index (χ0n) is 11.4. The number of para-hydroxylation sites is 1. The average Bonchev–Trinajstić information content (AvgIpc) is 2.46. The molecule has 98 valence electrons. The second-order valence-corrected chi connectivity index (χ2v) is 4.78. The Labute approximate surface area is 117 Å². The third-order valence-corrected chi connectivity index (χ3v) is 3.32. The van der Waals surface area contributed by atoms with Crippen LogP contribution >= 0.6 is 0 Å². The summed E-state index contributed by atoms with van der Waals surface area (Å²) in [7, 11) is 0. The van der Waals surface area contributed by atoms with Crippen molar-refractivity contribution in [2.45, 2.75) is 13.8 Å². The van der Waals surface area contributed by atoms with E-state index in [0.29, 0.717) is 17.1 Å². The molecule has 3 heteroatoms. The molecule has 3 nitrogen and oxygen atoms in total. The van der Waals surface area contributed by atoms with Crippen LogP contribution in [0.5, 0.6) is 0 Å². The van der Waals surface area contributed by atoms with Crippen molar-refractivity contribution in [3.63, 3.8) is 0 Å². The molecule has 0 atom stereocenters. The van der Waals surface area contributed by atoms with Gasteiger partial charge in [-0.05, 0) is 25.5 Å². The Kier molecular flexibility index (Phi) is 3.03. The van der Waals surface area contributed by atoms with Gasteiger partial charge in [-0.15, -0.1) is 0 Å². The number of nitrogens with zero attached hydrogens (tertiary/aromatic N) is 2. The number of hydrogen-bond acceptors (Lipinski definition) is 3. The van der Waals surface area contributed by atoms with Gasteiger partial charge in [0.05, 0.1) is 5.52 Å². The quantitative estimate of drug-likeness (QED) is 0.664. The van der Waals surface area contributed by atoms with E-state index in [2.05, 4.69) is 9.97 Å². The monoisotopic (exact) mass is 262 g/mol. The van der Waals surface area contributed by atoms with Crippen LogP contribution in [-0.4, -0.2) is 15.8 Å². The molecule has 3 rings (SSSR count). The van der Waals surface area contributed by atoms with Gasteiger partial charge in [0.2, 0.25) is 5.78 Å². The molecule has 0 saturated carbocycles. The Balaban J connectivity index is 2.24. The minimum atomic E-state index is -0.0511. The number of aromatic nitrogens is 2. The Morgan fingerprint density at radius 2 is 1.60 bits per heavy atom. The molecule has 0 saturated heterocycles. The first-order chi connectivity index (χ1) is 9.66. The van der Waals surface area contributed by atoms with E-state index in [9.17, 15) is 4.79 Å². The number of ketones is 1. The highest BCUT2D eigenvalue weighted by Crippen LogP contribution is 2.20. The Morgan fingerprint density at radius 3 is 2.40 bits per heavy atom. The first-order valence-corrected chi connectivity index (χ1v) is 6.50. The van der Waals surface area contributed by atoms with Crippen molar-refractivity contribution < 1.29 is 4.79 Å². The third kappa shape index (κ3) is 2.07. The molecular formula is C17H14N2O. The molecule has 0 unspecified atom stereocenters. The normalized spacial score (nSPS) is 10.7. The summed E-state index contributed by atoms with van der Waals surface area (Å²) in [5.74, 6) is 0.561. The van der Waals surface area contributed by atoms with E-state index < -0.39 is 0 Å². The van der Waals surface area contributed by atoms with Crippen molar-refractivity contribution in [1.29, 1.82) is 0 Å². The second-order valence-electron chi connectivity index (χ2n) is 4.78. The van der Waals surface area contributed by atoms with E-state index >= 15 is 0 Å². The second kappa shape index (κ2) is 4.85. The molecule has 0 spiro atoms. The van der Waals surface area contributed by atoms with Gasteiger partial charge < -0.3 is 0 Å². The molecule has 0 aliphatic rings. The number of carbonyl (C=O) groups excluding carboxylic acids is 1. The van der Waals surface area contributed by atoms with Crippen molar-refractivity contribution in [3.05, 3.63) is 71.2 Å². The van der Waals surface area contributed by atoms with Crippen LogP contribution in [0.15, 0.2) is 48.5 Å². The number of rotatable bonds is 2. The molecule has 1 aromatic heterocycles. The van der Waals surface area contributed by atoms with Crippen LogP contribution in [0.25, 0.3) is 10.9 Å². The number of fused-ring (bicyclic) bond motifs is 1. The lowest BCUT2D eigenvalue weighted by molar-refractivity contribution is 0.103. The summed E-state index contributed by atoms with van der Waals surface area (Å²) >= 11 is 0. The minimum absolute atomic E-state index is 0.0511. The fourth-order valence-electron chi connectivity index (χ4n) is 2.32. The number of carbonyl (C=O) groups is 1. The first kappa shape index (κ1) is 12.5. The van der Waals surface area contributed by atoms with Crippen molar-refractivity contribution in [3.8, 4) is 0 Å². The molecule has 1 heterocycles. The maximum atomic E-state index is 12.7. The van der Waals surface area contributed by atoms with Gasteiger partial charge in [-0.3, -0.25) is 4.79 Å². The highest BCUT2D eigenvalue weighted by Gasteiger charge is 2.16. The zero-order chi connectivity index (χ0) is 14.1. The molecule has 2 aromatic carbocycles. The lowest BCUT2D eigenvalue weighted by atomic mass is 10.00. The van der Waals surface area contributed by atoms with Crippen molar-refractivity contribution in [1.82, 2.24) is 9.97 Å². The van der Waals surface area contributed by atoms with E-state index in [1.165, 1.54) is 0 Å². The largest absolute Gasteiger partial charge is 0.287 e. The predicted octanol–water partition coefficient (Wildman–Crippen LogP) is 3.48. The summed E-state index contributed by atoms with van der Waals surface area (Å²) in [5.41, 5.74) is 2.92. The highest BCUT2D eigenvalue weighted by molar-refractivity contribution is 6.15. The van der Waals surface area contributed by atoms with Gasteiger partial charge in [-0.1, -0.05) is 42.5 Å². The van der Waals surface area contributed by atoms with Crippen molar-refractivity contribution in [2.75, 3.05) is 0 Å². The standard InChI is InChI=1S/C17H14N2O/c1-11-7-3-4-8-13(11)17(20)16-14-9-5-6-10-15(14)18-12(2)19-16/h3-10H,1-2H3. The van der Waals surface area contributed by atoms with Crippen LogP contribution in [0, 0.1) is 13.8 Å². The van der Waals surface area contributed by atoms with Crippen LogP contribution in [-0.2, 0) is 0 Å². The summed E-state index contributed by atoms with van der Waals surface area (Å²) in [4.78, 5) is 21.5. The van der Waals surface area contributed by atoms with Gasteiger partial charge in [-0.2, -0.15) is 0 Å². The molecule has 0 fully saturated rings. The van der Waals surface area contributed by atoms with Crippen LogP contribution in [0.4, 0.5) is 0 Å². The van der Waals surface area contributed by atoms with E-state index in [0.717, 1.165) is 16.5 Å². The summed E-state index contributed by atoms with van der Waals surface area (Å²) in [5, 5.41) is 0.798. The molecule has 0 bridgehead atoms. The third-order valence-electron chi connectivity index (χ3n) is 3.32. The Morgan fingerprint density at radius 1 is 0.900 bits per heavy atom. The maximum absolute atomic E-state index is 12.7. The molecule has 0 N–H and O–H groups in total. The van der Waals surface area contributed by atoms with Crippen molar-refractivity contribution in [2.24, 2.45) is 0 Å². The Bertz CT molecular complexity index is 809. The lowest BCUT2D eigenvalue weighted by Gasteiger charge is -2.08. The van der Waals surface area contributed by atoms with Gasteiger partial charge in [0.1, 0.15) is 11.5 Å². The maximum Gasteiger partial charge on any atom is 0.212 e. The van der Waals surface area contributed by atoms with E-state index in [1.54, 1.807) is 6.92 Å². The van der Waals surface area contributed by atoms with E-state index in [1.807, 2.05) is 55.5 Å². The fraction of sp³-hybridized carbons (Fsp3) is 0.118. The molecule has 0 aliphatic heterocycles. The number of benzene rings is 2. The van der Waals surface area contributed by atoms with Crippen LogP contribution in [0.1, 0.15) is 27.4 Å². The minimum Gasteiger partial charge on any atom is -0.287 e. The summed E-state index contributed by atoms with van der Waals surface area (Å²) < 4.78 is 0. The van der Waals surface area contributed by atoms with E-state index in [4.69, 9.17) is 0 Å². The average molecular weight is 262 g/mol. The first-order valence-electron chi connectivity index (χ1n) is 6.50. The lowest BCUT2D eigenvalue weighted by Crippen LogP contribution is -2.08. The molecule has 20 heavy (non-hydrogen) atoms. The molecule has 0 aliphatic carbocycles. The predicted molar refractivity (Wildman–Crippen MR) is 78.9 cm³/mol. The van der Waals surface area contributed by atoms with Crippen LogP contribution in [0.2, 0.25) is 0 Å². The van der Waals surface area contributed by atoms with Crippen LogP contribution < -0.4 is 0 Å².